The lowest BCUT2D eigenvalue weighted by molar-refractivity contribution is 0.725. The molecular formula is C9H15Cl2N3. The molecule has 80 valence electrons. The highest BCUT2D eigenvalue weighted by molar-refractivity contribution is 5.85. The predicted molar refractivity (Wildman–Crippen MR) is 65.5 cm³/mol. The third kappa shape index (κ3) is 2.94. The van der Waals surface area contributed by atoms with Crippen LogP contribution in [0, 0.1) is 0 Å². The van der Waals surface area contributed by atoms with Crippen molar-refractivity contribution in [3.8, 4) is 0 Å². The molecule has 2 rings (SSSR count). The fourth-order valence-electron chi connectivity index (χ4n) is 1.44. The number of hydrogen-bond donors (Lipinski definition) is 3. The van der Waals surface area contributed by atoms with Gasteiger partial charge in [0, 0.05) is 31.0 Å². The summed E-state index contributed by atoms with van der Waals surface area (Å²) < 4.78 is 0. The van der Waals surface area contributed by atoms with Gasteiger partial charge in [-0.3, -0.25) is 0 Å². The molecule has 1 aliphatic rings. The molecule has 0 atom stereocenters. The minimum absolute atomic E-state index is 0. The number of hydrogen-bond acceptors (Lipinski definition) is 3. The molecule has 1 heterocycles. The van der Waals surface area contributed by atoms with E-state index in [0.29, 0.717) is 0 Å². The van der Waals surface area contributed by atoms with E-state index in [0.717, 1.165) is 25.3 Å². The van der Waals surface area contributed by atoms with Crippen molar-refractivity contribution in [2.75, 3.05) is 24.1 Å². The Morgan fingerprint density at radius 2 is 1.93 bits per heavy atom. The van der Waals surface area contributed by atoms with Crippen molar-refractivity contribution in [1.82, 2.24) is 5.32 Å². The molecule has 1 aromatic carbocycles. The molecule has 0 saturated heterocycles. The van der Waals surface area contributed by atoms with Gasteiger partial charge in [0.2, 0.25) is 0 Å². The largest absolute Gasteiger partial charge is 0.399 e. The SMILES string of the molecule is Cl.Cl.Nc1ccc2c(c1)CNCCN2. The van der Waals surface area contributed by atoms with Crippen LogP contribution in [0.4, 0.5) is 11.4 Å². The van der Waals surface area contributed by atoms with Gasteiger partial charge in [0.1, 0.15) is 0 Å². The molecule has 0 radical (unpaired) electrons. The second kappa shape index (κ2) is 5.96. The molecule has 0 aliphatic carbocycles. The van der Waals surface area contributed by atoms with Gasteiger partial charge in [-0.15, -0.1) is 24.8 Å². The molecule has 0 unspecified atom stereocenters. The molecule has 0 aromatic heterocycles. The summed E-state index contributed by atoms with van der Waals surface area (Å²) in [6, 6.07) is 5.98. The quantitative estimate of drug-likeness (QED) is 0.600. The molecular weight excluding hydrogens is 221 g/mol. The van der Waals surface area contributed by atoms with E-state index in [1.807, 2.05) is 18.2 Å². The Labute approximate surface area is 96.3 Å². The van der Waals surface area contributed by atoms with Gasteiger partial charge >= 0.3 is 0 Å². The van der Waals surface area contributed by atoms with Crippen LogP contribution in [-0.4, -0.2) is 13.1 Å². The van der Waals surface area contributed by atoms with Crippen LogP contribution in [0.3, 0.4) is 0 Å². The molecule has 0 amide bonds. The fraction of sp³-hybridized carbons (Fsp3) is 0.333. The maximum absolute atomic E-state index is 5.68. The van der Waals surface area contributed by atoms with Gasteiger partial charge < -0.3 is 16.4 Å². The summed E-state index contributed by atoms with van der Waals surface area (Å²) in [5.74, 6) is 0. The predicted octanol–water partition coefficient (Wildman–Crippen LogP) is 1.63. The summed E-state index contributed by atoms with van der Waals surface area (Å²) in [6.45, 7) is 2.90. The van der Waals surface area contributed by atoms with Gasteiger partial charge in [-0.1, -0.05) is 0 Å². The Kier molecular flexibility index (Phi) is 5.69. The van der Waals surface area contributed by atoms with Crippen LogP contribution in [-0.2, 0) is 6.54 Å². The molecule has 0 bridgehead atoms. The molecule has 1 aromatic rings. The van der Waals surface area contributed by atoms with Crippen LogP contribution in [0.25, 0.3) is 0 Å². The summed E-state index contributed by atoms with van der Waals surface area (Å²) >= 11 is 0. The Morgan fingerprint density at radius 1 is 1.14 bits per heavy atom. The molecule has 0 saturated carbocycles. The highest BCUT2D eigenvalue weighted by Crippen LogP contribution is 2.19. The van der Waals surface area contributed by atoms with E-state index in [9.17, 15) is 0 Å². The average Bonchev–Trinajstić information content (AvgIpc) is 2.28. The topological polar surface area (TPSA) is 50.1 Å². The Hall–Kier alpha value is -0.640. The number of nitrogens with one attached hydrogen (secondary N) is 2. The number of nitrogen functional groups attached to an aromatic ring is 1. The maximum Gasteiger partial charge on any atom is 0.0387 e. The molecule has 5 heteroatoms. The number of benzene rings is 1. The molecule has 1 aliphatic heterocycles. The van der Waals surface area contributed by atoms with Gasteiger partial charge in [0.25, 0.3) is 0 Å². The zero-order chi connectivity index (χ0) is 8.39. The first-order valence-electron chi connectivity index (χ1n) is 4.19. The van der Waals surface area contributed by atoms with E-state index in [1.165, 1.54) is 11.3 Å². The lowest BCUT2D eigenvalue weighted by atomic mass is 10.1. The van der Waals surface area contributed by atoms with Crippen molar-refractivity contribution < 1.29 is 0 Å². The molecule has 4 N–H and O–H groups in total. The Morgan fingerprint density at radius 3 is 2.71 bits per heavy atom. The van der Waals surface area contributed by atoms with Gasteiger partial charge in [-0.05, 0) is 23.8 Å². The summed E-state index contributed by atoms with van der Waals surface area (Å²) in [7, 11) is 0. The summed E-state index contributed by atoms with van der Waals surface area (Å²) in [5, 5.41) is 6.65. The van der Waals surface area contributed by atoms with E-state index in [2.05, 4.69) is 10.6 Å². The van der Waals surface area contributed by atoms with Crippen molar-refractivity contribution in [3.05, 3.63) is 23.8 Å². The van der Waals surface area contributed by atoms with Crippen molar-refractivity contribution in [1.29, 1.82) is 0 Å². The first-order valence-corrected chi connectivity index (χ1v) is 4.19. The van der Waals surface area contributed by atoms with Crippen LogP contribution >= 0.6 is 24.8 Å². The van der Waals surface area contributed by atoms with Crippen molar-refractivity contribution in [2.45, 2.75) is 6.54 Å². The Bertz CT molecular complexity index is 291. The lowest BCUT2D eigenvalue weighted by Crippen LogP contribution is -2.16. The zero-order valence-electron chi connectivity index (χ0n) is 7.75. The van der Waals surface area contributed by atoms with Gasteiger partial charge in [-0.2, -0.15) is 0 Å². The first-order chi connectivity index (χ1) is 5.86. The average molecular weight is 236 g/mol. The van der Waals surface area contributed by atoms with E-state index < -0.39 is 0 Å². The van der Waals surface area contributed by atoms with Crippen LogP contribution in [0.15, 0.2) is 18.2 Å². The molecule has 14 heavy (non-hydrogen) atoms. The van der Waals surface area contributed by atoms with Crippen LogP contribution < -0.4 is 16.4 Å². The standard InChI is InChI=1S/C9H13N3.2ClH/c10-8-1-2-9-7(5-8)6-11-3-4-12-9;;/h1-2,5,11-12H,3-4,6,10H2;2*1H. The van der Waals surface area contributed by atoms with Gasteiger partial charge in [0.15, 0.2) is 0 Å². The highest BCUT2D eigenvalue weighted by Gasteiger charge is 2.05. The van der Waals surface area contributed by atoms with Crippen LogP contribution in [0.2, 0.25) is 0 Å². The van der Waals surface area contributed by atoms with Crippen molar-refractivity contribution in [3.63, 3.8) is 0 Å². The molecule has 0 spiro atoms. The van der Waals surface area contributed by atoms with E-state index >= 15 is 0 Å². The summed E-state index contributed by atoms with van der Waals surface area (Å²) in [5.41, 5.74) is 8.97. The summed E-state index contributed by atoms with van der Waals surface area (Å²) in [6.07, 6.45) is 0. The van der Waals surface area contributed by atoms with E-state index in [1.54, 1.807) is 0 Å². The van der Waals surface area contributed by atoms with Gasteiger partial charge in [-0.25, -0.2) is 0 Å². The number of fused-ring (bicyclic) bond motifs is 1. The molecule has 3 nitrogen and oxygen atoms in total. The highest BCUT2D eigenvalue weighted by atomic mass is 35.5. The van der Waals surface area contributed by atoms with E-state index in [4.69, 9.17) is 5.73 Å². The second-order valence-corrected chi connectivity index (χ2v) is 3.02. The second-order valence-electron chi connectivity index (χ2n) is 3.02. The minimum Gasteiger partial charge on any atom is -0.399 e. The van der Waals surface area contributed by atoms with Crippen molar-refractivity contribution in [2.24, 2.45) is 0 Å². The number of nitrogens with two attached hydrogens (primary N) is 1. The van der Waals surface area contributed by atoms with E-state index in [-0.39, 0.29) is 24.8 Å². The van der Waals surface area contributed by atoms with Crippen molar-refractivity contribution >= 4 is 36.2 Å². The normalized spacial score (nSPS) is 13.7. The number of halogens is 2. The summed E-state index contributed by atoms with van der Waals surface area (Å²) in [4.78, 5) is 0. The maximum atomic E-state index is 5.68. The third-order valence-corrected chi connectivity index (χ3v) is 2.06. The zero-order valence-corrected chi connectivity index (χ0v) is 9.38. The molecule has 0 fully saturated rings. The van der Waals surface area contributed by atoms with Gasteiger partial charge in [0.05, 0.1) is 0 Å². The number of anilines is 2. The third-order valence-electron chi connectivity index (χ3n) is 2.06. The monoisotopic (exact) mass is 235 g/mol. The smallest absolute Gasteiger partial charge is 0.0387 e. The first kappa shape index (κ1) is 13.4. The fourth-order valence-corrected chi connectivity index (χ4v) is 1.44. The minimum atomic E-state index is 0. The van der Waals surface area contributed by atoms with Crippen LogP contribution in [0.5, 0.6) is 0 Å². The number of rotatable bonds is 0. The lowest BCUT2D eigenvalue weighted by Gasteiger charge is -2.06. The Balaban J connectivity index is 0.000000845. The van der Waals surface area contributed by atoms with Crippen LogP contribution in [0.1, 0.15) is 5.56 Å².